The Labute approximate surface area is 172 Å². The van der Waals surface area contributed by atoms with Crippen molar-refractivity contribution in [3.05, 3.63) is 36.5 Å². The fourth-order valence-electron chi connectivity index (χ4n) is 3.46. The summed E-state index contributed by atoms with van der Waals surface area (Å²) >= 11 is 0. The van der Waals surface area contributed by atoms with E-state index in [2.05, 4.69) is 10.3 Å². The quantitative estimate of drug-likeness (QED) is 0.574. The van der Waals surface area contributed by atoms with Crippen molar-refractivity contribution < 1.29 is 33.0 Å². The van der Waals surface area contributed by atoms with Crippen LogP contribution in [0.5, 0.6) is 0 Å². The molecule has 0 aliphatic carbocycles. The Kier molecular flexibility index (Phi) is 6.32. The fourth-order valence-corrected chi connectivity index (χ4v) is 5.15. The molecule has 1 aliphatic heterocycles. The number of nitrogens with one attached hydrogen (secondary N) is 1. The zero-order valence-corrected chi connectivity index (χ0v) is 16.7. The zero-order valence-electron chi connectivity index (χ0n) is 15.9. The number of aliphatic carboxylic acids is 2. The van der Waals surface area contributed by atoms with Gasteiger partial charge in [-0.25, -0.2) is 13.2 Å². The van der Waals surface area contributed by atoms with Crippen molar-refractivity contribution in [2.24, 2.45) is 5.92 Å². The monoisotopic (exact) mass is 435 g/mol. The average Bonchev–Trinajstić information content (AvgIpc) is 2.72. The number of amides is 1. The minimum absolute atomic E-state index is 0.0379. The third kappa shape index (κ3) is 4.57. The minimum atomic E-state index is -3.94. The SMILES string of the molecule is O=C(O)CC(NC(=O)C1CCCN(S(=O)(=O)c2cccc3cccnc23)C1)C(=O)O. The number of pyridine rings is 1. The lowest BCUT2D eigenvalue weighted by Gasteiger charge is -2.31. The van der Waals surface area contributed by atoms with Crippen molar-refractivity contribution in [2.75, 3.05) is 13.1 Å². The Bertz CT molecular complexity index is 1080. The lowest BCUT2D eigenvalue weighted by molar-refractivity contribution is -0.147. The van der Waals surface area contributed by atoms with Crippen molar-refractivity contribution >= 4 is 38.8 Å². The largest absolute Gasteiger partial charge is 0.481 e. The number of nitrogens with zero attached hydrogens (tertiary/aromatic N) is 2. The summed E-state index contributed by atoms with van der Waals surface area (Å²) in [7, 11) is -3.94. The number of piperidine rings is 1. The summed E-state index contributed by atoms with van der Waals surface area (Å²) in [5.74, 6) is -4.29. The number of carbonyl (C=O) groups excluding carboxylic acids is 1. The molecule has 0 bridgehead atoms. The predicted molar refractivity (Wildman–Crippen MR) is 105 cm³/mol. The standard InChI is InChI=1S/C19H21N3O7S/c23-16(24)10-14(19(26)27)21-18(25)13-6-3-9-22(11-13)30(28,29)15-7-1-4-12-5-2-8-20-17(12)15/h1-2,4-5,7-8,13-14H,3,6,9-11H2,(H,21,25)(H,23,24)(H,26,27). The molecule has 3 N–H and O–H groups in total. The fraction of sp³-hybridized carbons (Fsp3) is 0.368. The molecular weight excluding hydrogens is 414 g/mol. The van der Waals surface area contributed by atoms with E-state index in [-0.39, 0.29) is 18.0 Å². The number of carboxylic acids is 2. The van der Waals surface area contributed by atoms with Crippen LogP contribution in [-0.2, 0) is 24.4 Å². The van der Waals surface area contributed by atoms with Gasteiger partial charge in [-0.15, -0.1) is 0 Å². The van der Waals surface area contributed by atoms with Gasteiger partial charge >= 0.3 is 11.9 Å². The molecule has 10 nitrogen and oxygen atoms in total. The van der Waals surface area contributed by atoms with Gasteiger partial charge in [-0.1, -0.05) is 18.2 Å². The Hall–Kier alpha value is -3.05. The van der Waals surface area contributed by atoms with E-state index in [4.69, 9.17) is 10.2 Å². The molecule has 11 heteroatoms. The van der Waals surface area contributed by atoms with Crippen molar-refractivity contribution in [3.63, 3.8) is 0 Å². The first kappa shape index (κ1) is 21.7. The van der Waals surface area contributed by atoms with Gasteiger partial charge in [0, 0.05) is 24.7 Å². The van der Waals surface area contributed by atoms with Gasteiger partial charge in [-0.2, -0.15) is 4.31 Å². The first-order valence-corrected chi connectivity index (χ1v) is 10.7. The van der Waals surface area contributed by atoms with Gasteiger partial charge in [0.15, 0.2) is 0 Å². The number of rotatable bonds is 7. The number of fused-ring (bicyclic) bond motifs is 1. The molecule has 1 saturated heterocycles. The number of para-hydroxylation sites is 1. The van der Waals surface area contributed by atoms with Crippen LogP contribution in [0.1, 0.15) is 19.3 Å². The molecule has 0 saturated carbocycles. The summed E-state index contributed by atoms with van der Waals surface area (Å²) in [6.07, 6.45) is 1.51. The van der Waals surface area contributed by atoms with Crippen LogP contribution in [-0.4, -0.2) is 64.9 Å². The second kappa shape index (κ2) is 8.76. The van der Waals surface area contributed by atoms with Gasteiger partial charge in [0.05, 0.1) is 17.9 Å². The minimum Gasteiger partial charge on any atom is -0.481 e. The molecule has 1 aromatic heterocycles. The summed E-state index contributed by atoms with van der Waals surface area (Å²) < 4.78 is 27.6. The highest BCUT2D eigenvalue weighted by atomic mass is 32.2. The van der Waals surface area contributed by atoms with Gasteiger partial charge in [-0.05, 0) is 25.0 Å². The molecule has 1 aromatic carbocycles. The molecule has 1 aliphatic rings. The highest BCUT2D eigenvalue weighted by Crippen LogP contribution is 2.28. The molecule has 2 unspecified atom stereocenters. The molecule has 0 spiro atoms. The molecule has 1 amide bonds. The van der Waals surface area contributed by atoms with E-state index in [0.29, 0.717) is 23.7 Å². The number of aromatic nitrogens is 1. The van der Waals surface area contributed by atoms with E-state index in [1.54, 1.807) is 24.3 Å². The number of hydrogen-bond acceptors (Lipinski definition) is 6. The number of carbonyl (C=O) groups is 3. The summed E-state index contributed by atoms with van der Waals surface area (Å²) in [6.45, 7) is 0.0869. The number of sulfonamides is 1. The first-order valence-electron chi connectivity index (χ1n) is 9.29. The lowest BCUT2D eigenvalue weighted by atomic mass is 9.98. The lowest BCUT2D eigenvalue weighted by Crippen LogP contribution is -2.49. The molecule has 2 aromatic rings. The summed E-state index contributed by atoms with van der Waals surface area (Å²) in [4.78, 5) is 38.7. The van der Waals surface area contributed by atoms with Crippen LogP contribution < -0.4 is 5.32 Å². The second-order valence-electron chi connectivity index (χ2n) is 7.03. The molecule has 2 heterocycles. The van der Waals surface area contributed by atoms with Gasteiger partial charge in [-0.3, -0.25) is 14.6 Å². The molecule has 2 atom stereocenters. The molecular formula is C19H21N3O7S. The summed E-state index contributed by atoms with van der Waals surface area (Å²) in [5, 5.41) is 20.8. The number of carboxylic acid groups (broad SMARTS) is 2. The van der Waals surface area contributed by atoms with E-state index in [9.17, 15) is 22.8 Å². The van der Waals surface area contributed by atoms with Crippen molar-refractivity contribution in [3.8, 4) is 0 Å². The van der Waals surface area contributed by atoms with E-state index in [1.807, 2.05) is 0 Å². The second-order valence-corrected chi connectivity index (χ2v) is 8.94. The highest BCUT2D eigenvalue weighted by molar-refractivity contribution is 7.89. The van der Waals surface area contributed by atoms with Crippen LogP contribution in [0.15, 0.2) is 41.4 Å². The van der Waals surface area contributed by atoms with Gasteiger partial charge in [0.25, 0.3) is 0 Å². The van der Waals surface area contributed by atoms with Gasteiger partial charge < -0.3 is 15.5 Å². The Morgan fingerprint density at radius 2 is 1.93 bits per heavy atom. The van der Waals surface area contributed by atoms with E-state index in [1.165, 1.54) is 16.6 Å². The topological polar surface area (TPSA) is 154 Å². The molecule has 3 rings (SSSR count). The van der Waals surface area contributed by atoms with Crippen LogP contribution in [0.3, 0.4) is 0 Å². The maximum atomic E-state index is 13.2. The Balaban J connectivity index is 1.80. The van der Waals surface area contributed by atoms with Crippen molar-refractivity contribution in [1.29, 1.82) is 0 Å². The maximum Gasteiger partial charge on any atom is 0.326 e. The summed E-state index contributed by atoms with van der Waals surface area (Å²) in [6, 6.07) is 6.71. The molecule has 30 heavy (non-hydrogen) atoms. The van der Waals surface area contributed by atoms with Crippen LogP contribution in [0.4, 0.5) is 0 Å². The third-order valence-corrected chi connectivity index (χ3v) is 6.86. The number of hydrogen-bond donors (Lipinski definition) is 3. The smallest absolute Gasteiger partial charge is 0.326 e. The predicted octanol–water partition coefficient (Wildman–Crippen LogP) is 0.680. The third-order valence-electron chi connectivity index (χ3n) is 4.96. The molecule has 160 valence electrons. The van der Waals surface area contributed by atoms with Crippen LogP contribution in [0.25, 0.3) is 10.9 Å². The molecule has 0 radical (unpaired) electrons. The number of benzene rings is 1. The van der Waals surface area contributed by atoms with Crippen LogP contribution >= 0.6 is 0 Å². The normalized spacial score (nSPS) is 18.6. The van der Waals surface area contributed by atoms with Crippen LogP contribution in [0.2, 0.25) is 0 Å². The van der Waals surface area contributed by atoms with Crippen molar-refractivity contribution in [1.82, 2.24) is 14.6 Å². The van der Waals surface area contributed by atoms with E-state index >= 15 is 0 Å². The van der Waals surface area contributed by atoms with E-state index < -0.39 is 46.2 Å². The maximum absolute atomic E-state index is 13.2. The first-order chi connectivity index (χ1) is 14.2. The van der Waals surface area contributed by atoms with Crippen molar-refractivity contribution in [2.45, 2.75) is 30.2 Å². The highest BCUT2D eigenvalue weighted by Gasteiger charge is 2.35. The Morgan fingerprint density at radius 3 is 2.63 bits per heavy atom. The van der Waals surface area contributed by atoms with Gasteiger partial charge in [0.2, 0.25) is 15.9 Å². The van der Waals surface area contributed by atoms with E-state index in [0.717, 1.165) is 0 Å². The molecule has 1 fully saturated rings. The Morgan fingerprint density at radius 1 is 1.20 bits per heavy atom. The average molecular weight is 435 g/mol. The summed E-state index contributed by atoms with van der Waals surface area (Å²) in [5.41, 5.74) is 0.332. The van der Waals surface area contributed by atoms with Crippen LogP contribution in [0, 0.1) is 5.92 Å². The zero-order chi connectivity index (χ0) is 21.9. The van der Waals surface area contributed by atoms with Gasteiger partial charge in [0.1, 0.15) is 10.9 Å².